The van der Waals surface area contributed by atoms with Gasteiger partial charge in [0, 0.05) is 60.5 Å². The maximum absolute atomic E-state index is 11.6. The number of benzene rings is 3. The number of carbonyl (C=O) groups is 1. The van der Waals surface area contributed by atoms with Crippen molar-refractivity contribution in [3.63, 3.8) is 0 Å². The Balaban J connectivity index is 1.17. The molecule has 0 radical (unpaired) electrons. The predicted molar refractivity (Wildman–Crippen MR) is 154 cm³/mol. The highest BCUT2D eigenvalue weighted by atomic mass is 35.5. The summed E-state index contributed by atoms with van der Waals surface area (Å²) in [4.78, 5) is 20.5. The van der Waals surface area contributed by atoms with Gasteiger partial charge in [0.25, 0.3) is 0 Å². The lowest BCUT2D eigenvalue weighted by molar-refractivity contribution is 0.101. The summed E-state index contributed by atoms with van der Waals surface area (Å²) in [6, 6.07) is 24.4. The highest BCUT2D eigenvalue weighted by Gasteiger charge is 2.18. The number of hydrogen-bond acceptors (Lipinski definition) is 5. The highest BCUT2D eigenvalue weighted by Crippen LogP contribution is 2.25. The number of rotatable bonds is 10. The third kappa shape index (κ3) is 6.75. The number of carbonyl (C=O) groups excluding carboxylic acids is 1. The van der Waals surface area contributed by atoms with Gasteiger partial charge in [-0.05, 0) is 86.0 Å². The molecule has 7 heteroatoms. The minimum Gasteiger partial charge on any atom is -0.489 e. The van der Waals surface area contributed by atoms with Gasteiger partial charge < -0.3 is 19.1 Å². The second-order valence-corrected chi connectivity index (χ2v) is 10.2. The Hall–Kier alpha value is -3.77. The number of aromatic nitrogens is 2. The minimum atomic E-state index is 0.0173. The van der Waals surface area contributed by atoms with Gasteiger partial charge in [0.05, 0.1) is 12.9 Å². The number of hydrogen-bond donors (Lipinski definition) is 0. The van der Waals surface area contributed by atoms with E-state index in [-0.39, 0.29) is 11.9 Å². The van der Waals surface area contributed by atoms with Gasteiger partial charge in [0.15, 0.2) is 5.78 Å². The maximum atomic E-state index is 11.6. The molecule has 2 heterocycles. The van der Waals surface area contributed by atoms with Crippen LogP contribution in [-0.4, -0.2) is 47.6 Å². The second-order valence-electron chi connectivity index (χ2n) is 9.74. The van der Waals surface area contributed by atoms with E-state index in [0.717, 1.165) is 61.9 Å². The first-order valence-electron chi connectivity index (χ1n) is 13.1. The van der Waals surface area contributed by atoms with E-state index in [4.69, 9.17) is 16.3 Å². The van der Waals surface area contributed by atoms with Crippen molar-refractivity contribution < 1.29 is 9.53 Å². The van der Waals surface area contributed by atoms with Gasteiger partial charge in [-0.15, -0.1) is 0 Å². The zero-order valence-corrected chi connectivity index (χ0v) is 22.4. The summed E-state index contributed by atoms with van der Waals surface area (Å²) < 4.78 is 8.52. The van der Waals surface area contributed by atoms with E-state index in [1.165, 1.54) is 16.9 Å². The van der Waals surface area contributed by atoms with E-state index in [1.807, 2.05) is 48.9 Å². The van der Waals surface area contributed by atoms with Crippen LogP contribution < -0.4 is 14.5 Å². The molecule has 5 rings (SSSR count). The number of halogens is 1. The fourth-order valence-electron chi connectivity index (χ4n) is 4.85. The largest absolute Gasteiger partial charge is 0.489 e. The molecule has 1 unspecified atom stereocenters. The summed E-state index contributed by atoms with van der Waals surface area (Å²) in [7, 11) is 0. The van der Waals surface area contributed by atoms with Crippen LogP contribution in [0.15, 0.2) is 91.5 Å². The lowest BCUT2D eigenvalue weighted by Crippen LogP contribution is -2.46. The van der Waals surface area contributed by atoms with E-state index in [9.17, 15) is 4.79 Å². The Labute approximate surface area is 229 Å². The molecule has 1 atom stereocenters. The molecule has 1 aromatic heterocycles. The Morgan fingerprint density at radius 1 is 0.895 bits per heavy atom. The van der Waals surface area contributed by atoms with Crippen LogP contribution >= 0.6 is 11.6 Å². The van der Waals surface area contributed by atoms with E-state index in [0.29, 0.717) is 0 Å². The number of piperazine rings is 1. The van der Waals surface area contributed by atoms with Crippen LogP contribution in [0.3, 0.4) is 0 Å². The van der Waals surface area contributed by atoms with Gasteiger partial charge in [-0.3, -0.25) is 4.79 Å². The number of ether oxygens (including phenoxy) is 1. The van der Waals surface area contributed by atoms with Gasteiger partial charge in [-0.1, -0.05) is 23.7 Å². The van der Waals surface area contributed by atoms with E-state index >= 15 is 0 Å². The fourth-order valence-corrected chi connectivity index (χ4v) is 4.98. The van der Waals surface area contributed by atoms with Crippen molar-refractivity contribution in [3.05, 3.63) is 108 Å². The van der Waals surface area contributed by atoms with Crippen molar-refractivity contribution in [2.75, 3.05) is 36.0 Å². The summed E-state index contributed by atoms with van der Waals surface area (Å²) >= 11 is 6.04. The number of Topliss-reactive ketones (excluding diaryl/α,β-unsaturated/α-hetero) is 1. The van der Waals surface area contributed by atoms with Crippen molar-refractivity contribution in [2.24, 2.45) is 0 Å². The zero-order chi connectivity index (χ0) is 26.3. The number of ketones is 1. The van der Waals surface area contributed by atoms with Crippen molar-refractivity contribution in [2.45, 2.75) is 32.4 Å². The molecule has 1 aliphatic rings. The van der Waals surface area contributed by atoms with E-state index in [1.54, 1.807) is 13.1 Å². The van der Waals surface area contributed by atoms with Crippen molar-refractivity contribution in [1.82, 2.24) is 9.55 Å². The Morgan fingerprint density at radius 3 is 2.05 bits per heavy atom. The van der Waals surface area contributed by atoms with E-state index < -0.39 is 0 Å². The normalized spacial score (nSPS) is 14.4. The molecule has 1 saturated heterocycles. The topological polar surface area (TPSA) is 50.6 Å². The van der Waals surface area contributed by atoms with Crippen molar-refractivity contribution in [3.8, 4) is 5.75 Å². The standard InChI is InChI=1S/C31H33ClN4O2/c1-24(37)26-5-9-28(10-6-26)35-18-20-36(21-19-35)29-11-14-30(15-12-29)38-31(22-34-17-16-33-23-34)13-4-25-2-7-27(32)8-3-25/h2-3,5-12,14-17,23,31H,4,13,18-22H2,1H3. The van der Waals surface area contributed by atoms with Crippen LogP contribution in [0.5, 0.6) is 5.75 Å². The molecule has 3 aromatic carbocycles. The molecular weight excluding hydrogens is 496 g/mol. The molecule has 0 bridgehead atoms. The molecule has 1 aliphatic heterocycles. The summed E-state index contributed by atoms with van der Waals surface area (Å²) in [6.45, 7) is 6.11. The molecular formula is C31H33ClN4O2. The van der Waals surface area contributed by atoms with Crippen LogP contribution in [0.1, 0.15) is 29.3 Å². The third-order valence-electron chi connectivity index (χ3n) is 7.07. The van der Waals surface area contributed by atoms with Gasteiger partial charge in [-0.25, -0.2) is 4.98 Å². The first-order chi connectivity index (χ1) is 18.5. The summed E-state index contributed by atoms with van der Waals surface area (Å²) in [5.74, 6) is 0.975. The zero-order valence-electron chi connectivity index (χ0n) is 21.7. The van der Waals surface area contributed by atoms with Crippen LogP contribution in [0.4, 0.5) is 11.4 Å². The van der Waals surface area contributed by atoms with Crippen LogP contribution in [0, 0.1) is 0 Å². The van der Waals surface area contributed by atoms with Gasteiger partial charge in [-0.2, -0.15) is 0 Å². The monoisotopic (exact) mass is 528 g/mol. The number of nitrogens with zero attached hydrogens (tertiary/aromatic N) is 4. The van der Waals surface area contributed by atoms with Crippen molar-refractivity contribution >= 4 is 28.8 Å². The summed E-state index contributed by atoms with van der Waals surface area (Å²) in [5, 5.41) is 0.754. The molecule has 0 amide bonds. The number of anilines is 2. The molecule has 1 fully saturated rings. The molecule has 0 N–H and O–H groups in total. The summed E-state index contributed by atoms with van der Waals surface area (Å²) in [5.41, 5.74) is 4.38. The van der Waals surface area contributed by atoms with Crippen LogP contribution in [-0.2, 0) is 13.0 Å². The van der Waals surface area contributed by atoms with E-state index in [2.05, 4.69) is 55.7 Å². The molecule has 0 spiro atoms. The molecule has 4 aromatic rings. The highest BCUT2D eigenvalue weighted by molar-refractivity contribution is 6.30. The predicted octanol–water partition coefficient (Wildman–Crippen LogP) is 6.15. The third-order valence-corrected chi connectivity index (χ3v) is 7.32. The number of aryl methyl sites for hydroxylation is 1. The maximum Gasteiger partial charge on any atom is 0.159 e. The van der Waals surface area contributed by atoms with Crippen LogP contribution in [0.25, 0.3) is 0 Å². The first-order valence-corrected chi connectivity index (χ1v) is 13.5. The lowest BCUT2D eigenvalue weighted by atomic mass is 10.1. The average Bonchev–Trinajstić information content (AvgIpc) is 3.46. The molecule has 6 nitrogen and oxygen atoms in total. The second kappa shape index (κ2) is 12.2. The fraction of sp³-hybridized carbons (Fsp3) is 0.290. The lowest BCUT2D eigenvalue weighted by Gasteiger charge is -2.37. The minimum absolute atomic E-state index is 0.0173. The summed E-state index contributed by atoms with van der Waals surface area (Å²) in [6.07, 6.45) is 7.42. The molecule has 0 saturated carbocycles. The number of imidazole rings is 1. The Morgan fingerprint density at radius 2 is 1.50 bits per heavy atom. The SMILES string of the molecule is CC(=O)c1ccc(N2CCN(c3ccc(OC(CCc4ccc(Cl)cc4)Cn4ccnc4)cc3)CC2)cc1. The average molecular weight is 529 g/mol. The quantitative estimate of drug-likeness (QED) is 0.231. The molecule has 38 heavy (non-hydrogen) atoms. The first kappa shape index (κ1) is 25.9. The van der Waals surface area contributed by atoms with Crippen molar-refractivity contribution in [1.29, 1.82) is 0 Å². The van der Waals surface area contributed by atoms with Crippen LogP contribution in [0.2, 0.25) is 5.02 Å². The Kier molecular flexibility index (Phi) is 8.29. The van der Waals surface area contributed by atoms with Gasteiger partial charge in [0.2, 0.25) is 0 Å². The Bertz CT molecular complexity index is 1300. The van der Waals surface area contributed by atoms with Gasteiger partial charge in [0.1, 0.15) is 11.9 Å². The molecule has 196 valence electrons. The smallest absolute Gasteiger partial charge is 0.159 e. The molecule has 0 aliphatic carbocycles. The van der Waals surface area contributed by atoms with Gasteiger partial charge >= 0.3 is 0 Å².